The molecule has 1 saturated carbocycles. The highest BCUT2D eigenvalue weighted by atomic mass is 35.5. The molecule has 0 bridgehead atoms. The molecule has 1 aliphatic rings. The van der Waals surface area contributed by atoms with E-state index >= 15 is 0 Å². The molecule has 3 rings (SSSR count). The lowest BCUT2D eigenvalue weighted by molar-refractivity contribution is -0.126. The van der Waals surface area contributed by atoms with Crippen LogP contribution >= 0.6 is 12.4 Å². The molecule has 1 aliphatic carbocycles. The zero-order chi connectivity index (χ0) is 19.2. The van der Waals surface area contributed by atoms with E-state index in [-0.39, 0.29) is 41.6 Å². The molecule has 28 heavy (non-hydrogen) atoms. The van der Waals surface area contributed by atoms with E-state index in [1.165, 1.54) is 18.2 Å². The van der Waals surface area contributed by atoms with Gasteiger partial charge in [-0.25, -0.2) is 4.39 Å². The molecule has 1 fully saturated rings. The average molecular weight is 406 g/mol. The Morgan fingerprint density at radius 2 is 1.89 bits per heavy atom. The summed E-state index contributed by atoms with van der Waals surface area (Å²) in [5.74, 6) is -0.542. The van der Waals surface area contributed by atoms with E-state index in [1.54, 1.807) is 24.3 Å². The summed E-state index contributed by atoms with van der Waals surface area (Å²) in [7, 11) is 0. The van der Waals surface area contributed by atoms with Gasteiger partial charge in [0, 0.05) is 23.7 Å². The molecular weight excluding hydrogens is 381 g/mol. The topological polar surface area (TPSA) is 84.2 Å². The van der Waals surface area contributed by atoms with Crippen LogP contribution in [0.2, 0.25) is 0 Å². The molecule has 0 aliphatic heterocycles. The van der Waals surface area contributed by atoms with Gasteiger partial charge >= 0.3 is 0 Å². The van der Waals surface area contributed by atoms with Gasteiger partial charge < -0.3 is 16.4 Å². The summed E-state index contributed by atoms with van der Waals surface area (Å²) in [4.78, 5) is 24.6. The highest BCUT2D eigenvalue weighted by Gasteiger charge is 2.31. The Labute approximate surface area is 170 Å². The van der Waals surface area contributed by atoms with Gasteiger partial charge in [0.25, 0.3) is 5.91 Å². The first-order chi connectivity index (χ1) is 13.1. The monoisotopic (exact) mass is 405 g/mol. The van der Waals surface area contributed by atoms with Crippen LogP contribution < -0.4 is 16.4 Å². The van der Waals surface area contributed by atoms with Gasteiger partial charge in [-0.3, -0.25) is 9.59 Å². The molecule has 0 spiro atoms. The maximum atomic E-state index is 13.3. The summed E-state index contributed by atoms with van der Waals surface area (Å²) >= 11 is 0. The number of carbonyl (C=O) groups excluding carboxylic acids is 2. The van der Waals surface area contributed by atoms with E-state index in [0.29, 0.717) is 18.8 Å². The van der Waals surface area contributed by atoms with Crippen LogP contribution in [0.15, 0.2) is 48.5 Å². The predicted octanol–water partition coefficient (Wildman–Crippen LogP) is 3.49. The van der Waals surface area contributed by atoms with E-state index in [1.807, 2.05) is 6.07 Å². The molecule has 0 aromatic heterocycles. The van der Waals surface area contributed by atoms with Gasteiger partial charge in [-0.1, -0.05) is 24.6 Å². The zero-order valence-corrected chi connectivity index (χ0v) is 16.3. The predicted molar refractivity (Wildman–Crippen MR) is 110 cm³/mol. The smallest absolute Gasteiger partial charge is 0.255 e. The molecule has 2 aromatic carbocycles. The van der Waals surface area contributed by atoms with Gasteiger partial charge in [0.2, 0.25) is 5.91 Å². The van der Waals surface area contributed by atoms with Crippen molar-refractivity contribution in [3.63, 3.8) is 0 Å². The molecule has 0 heterocycles. The van der Waals surface area contributed by atoms with Crippen LogP contribution in [-0.4, -0.2) is 18.4 Å². The molecule has 150 valence electrons. The van der Waals surface area contributed by atoms with Crippen molar-refractivity contribution in [2.75, 3.05) is 11.9 Å². The minimum atomic E-state index is -0.457. The highest BCUT2D eigenvalue weighted by molar-refractivity contribution is 6.04. The van der Waals surface area contributed by atoms with Crippen molar-refractivity contribution in [1.82, 2.24) is 5.32 Å². The molecule has 2 amide bonds. The normalized spacial score (nSPS) is 18.2. The van der Waals surface area contributed by atoms with Crippen molar-refractivity contribution in [3.05, 3.63) is 65.5 Å². The number of rotatable bonds is 6. The lowest BCUT2D eigenvalue weighted by Crippen LogP contribution is -2.34. The Kier molecular flexibility index (Phi) is 7.96. The van der Waals surface area contributed by atoms with Crippen LogP contribution in [0, 0.1) is 17.7 Å². The standard InChI is InChI=1S/C21H24FN3O2.ClH/c22-17-7-2-5-15(11-17)20(26)25-18-8-1-4-14(10-18)13-24-21(27)19-9-3-6-16(19)12-23;/h1-2,4-5,7-8,10-11,16,19H,3,6,9,12-13,23H2,(H,24,27)(H,25,26);1H/t16-,19-;/m1./s1. The Hall–Kier alpha value is -2.44. The van der Waals surface area contributed by atoms with Crippen molar-refractivity contribution in [1.29, 1.82) is 0 Å². The van der Waals surface area contributed by atoms with E-state index in [9.17, 15) is 14.0 Å². The molecule has 0 unspecified atom stereocenters. The van der Waals surface area contributed by atoms with Gasteiger partial charge in [0.05, 0.1) is 0 Å². The molecule has 2 aromatic rings. The first-order valence-corrected chi connectivity index (χ1v) is 9.20. The average Bonchev–Trinajstić information content (AvgIpc) is 3.15. The first kappa shape index (κ1) is 21.9. The highest BCUT2D eigenvalue weighted by Crippen LogP contribution is 2.31. The fourth-order valence-corrected chi connectivity index (χ4v) is 3.58. The van der Waals surface area contributed by atoms with Crippen LogP contribution in [0.5, 0.6) is 0 Å². The van der Waals surface area contributed by atoms with Crippen LogP contribution in [0.25, 0.3) is 0 Å². The van der Waals surface area contributed by atoms with Crippen molar-refractivity contribution in [2.24, 2.45) is 17.6 Å². The number of amides is 2. The van der Waals surface area contributed by atoms with Crippen LogP contribution in [0.4, 0.5) is 10.1 Å². The largest absolute Gasteiger partial charge is 0.352 e. The number of carbonyl (C=O) groups is 2. The quantitative estimate of drug-likeness (QED) is 0.687. The number of hydrogen-bond donors (Lipinski definition) is 3. The number of anilines is 1. The molecule has 7 heteroatoms. The second-order valence-corrected chi connectivity index (χ2v) is 6.92. The van der Waals surface area contributed by atoms with E-state index < -0.39 is 5.82 Å². The van der Waals surface area contributed by atoms with Crippen molar-refractivity contribution >= 4 is 29.9 Å². The van der Waals surface area contributed by atoms with Crippen molar-refractivity contribution < 1.29 is 14.0 Å². The first-order valence-electron chi connectivity index (χ1n) is 9.20. The van der Waals surface area contributed by atoms with Gasteiger partial charge in [0.15, 0.2) is 0 Å². The van der Waals surface area contributed by atoms with Gasteiger partial charge in [-0.15, -0.1) is 12.4 Å². The molecule has 4 N–H and O–H groups in total. The third kappa shape index (κ3) is 5.53. The van der Waals surface area contributed by atoms with E-state index in [2.05, 4.69) is 10.6 Å². The fourth-order valence-electron chi connectivity index (χ4n) is 3.58. The minimum absolute atomic E-state index is 0. The summed E-state index contributed by atoms with van der Waals surface area (Å²) < 4.78 is 13.3. The second kappa shape index (κ2) is 10.2. The van der Waals surface area contributed by atoms with Crippen LogP contribution in [-0.2, 0) is 11.3 Å². The Morgan fingerprint density at radius 1 is 1.11 bits per heavy atom. The van der Waals surface area contributed by atoms with Gasteiger partial charge in [0.1, 0.15) is 5.82 Å². The molecule has 5 nitrogen and oxygen atoms in total. The number of nitrogens with one attached hydrogen (secondary N) is 2. The summed E-state index contributed by atoms with van der Waals surface area (Å²) in [6.07, 6.45) is 2.94. The molecular formula is C21H25ClFN3O2. The van der Waals surface area contributed by atoms with Crippen molar-refractivity contribution in [3.8, 4) is 0 Å². The summed E-state index contributed by atoms with van der Waals surface area (Å²) in [5.41, 5.74) is 7.47. The minimum Gasteiger partial charge on any atom is -0.352 e. The number of halogens is 2. The summed E-state index contributed by atoms with van der Waals surface area (Å²) in [6.45, 7) is 0.927. The van der Waals surface area contributed by atoms with Crippen molar-refractivity contribution in [2.45, 2.75) is 25.8 Å². The van der Waals surface area contributed by atoms with Gasteiger partial charge in [-0.05, 0) is 61.2 Å². The Balaban J connectivity index is 0.00000280. The SMILES string of the molecule is Cl.NC[C@H]1CCC[C@H]1C(=O)NCc1cccc(NC(=O)c2cccc(F)c2)c1. The van der Waals surface area contributed by atoms with E-state index in [4.69, 9.17) is 5.73 Å². The molecule has 0 saturated heterocycles. The number of nitrogens with two attached hydrogens (primary N) is 1. The lowest BCUT2D eigenvalue weighted by Gasteiger charge is -2.17. The number of benzene rings is 2. The molecule has 0 radical (unpaired) electrons. The maximum Gasteiger partial charge on any atom is 0.255 e. The summed E-state index contributed by atoms with van der Waals surface area (Å²) in [5, 5.41) is 5.72. The van der Waals surface area contributed by atoms with E-state index in [0.717, 1.165) is 24.8 Å². The Morgan fingerprint density at radius 3 is 2.64 bits per heavy atom. The maximum absolute atomic E-state index is 13.3. The second-order valence-electron chi connectivity index (χ2n) is 6.92. The Bertz CT molecular complexity index is 831. The fraction of sp³-hybridized carbons (Fsp3) is 0.333. The molecule has 2 atom stereocenters. The number of hydrogen-bond acceptors (Lipinski definition) is 3. The van der Waals surface area contributed by atoms with Gasteiger partial charge in [-0.2, -0.15) is 0 Å². The van der Waals surface area contributed by atoms with Crippen LogP contribution in [0.1, 0.15) is 35.2 Å². The van der Waals surface area contributed by atoms with Crippen LogP contribution in [0.3, 0.4) is 0 Å². The zero-order valence-electron chi connectivity index (χ0n) is 15.5. The summed E-state index contributed by atoms with van der Waals surface area (Å²) in [6, 6.07) is 12.8. The third-order valence-corrected chi connectivity index (χ3v) is 5.04. The lowest BCUT2D eigenvalue weighted by atomic mass is 9.95. The third-order valence-electron chi connectivity index (χ3n) is 5.04.